The number of nitrogens with one attached hydrogen (secondary N) is 2. The molecule has 1 amide bonds. The number of pyridine rings is 1. The van der Waals surface area contributed by atoms with Gasteiger partial charge in [-0.15, -0.1) is 0 Å². The molecule has 7 rings (SSSR count). The summed E-state index contributed by atoms with van der Waals surface area (Å²) in [5.74, 6) is 6.29. The van der Waals surface area contributed by atoms with Crippen LogP contribution in [0, 0.1) is 11.8 Å². The van der Waals surface area contributed by atoms with Gasteiger partial charge in [0.2, 0.25) is 0 Å². The van der Waals surface area contributed by atoms with Crippen LogP contribution in [0.3, 0.4) is 0 Å². The Morgan fingerprint density at radius 2 is 1.74 bits per heavy atom. The summed E-state index contributed by atoms with van der Waals surface area (Å²) in [5.41, 5.74) is 3.68. The lowest BCUT2D eigenvalue weighted by Crippen LogP contribution is -2.36. The van der Waals surface area contributed by atoms with E-state index in [2.05, 4.69) is 78.9 Å². The van der Waals surface area contributed by atoms with Crippen molar-refractivity contribution in [2.75, 3.05) is 43.5 Å². The molecule has 0 saturated carbocycles. The highest BCUT2D eigenvalue weighted by Gasteiger charge is 2.14. The number of hydrogen-bond acceptors (Lipinski definition) is 8. The maximum atomic E-state index is 12.6. The van der Waals surface area contributed by atoms with E-state index in [-0.39, 0.29) is 0 Å². The van der Waals surface area contributed by atoms with Gasteiger partial charge in [0.1, 0.15) is 23.5 Å². The minimum absolute atomic E-state index is 0.388. The number of amides is 1. The number of nitrogens with zero attached hydrogens (tertiary/aromatic N) is 6. The largest absolute Gasteiger partial charge is 0.379 e. The number of ether oxygens (including phenoxy) is 1. The zero-order valence-electron chi connectivity index (χ0n) is 25.4. The third-order valence-electron chi connectivity index (χ3n) is 8.10. The Labute approximate surface area is 266 Å². The standard InChI is InChI=1S/C36H34N8O2/c45-34(14-6-1-2-9-15-43-16-18-46-19-17-43)41-33-21-30-32(22-37-33)38-25-39-36(30)40-31-20-27-24-44(23-26-10-4-3-5-11-26)42-35(27)29-13-8-7-12-28(29)31/h3-5,7-8,10-13,20-22,24-25H,1-2,9,15-19,23H2,(H,37,41,45)(H,38,39,40). The van der Waals surface area contributed by atoms with Crippen molar-refractivity contribution >= 4 is 55.8 Å². The van der Waals surface area contributed by atoms with Crippen LogP contribution < -0.4 is 10.6 Å². The summed E-state index contributed by atoms with van der Waals surface area (Å²) in [6.07, 6.45) is 7.89. The van der Waals surface area contributed by atoms with Gasteiger partial charge < -0.3 is 10.1 Å². The fourth-order valence-corrected chi connectivity index (χ4v) is 5.78. The quantitative estimate of drug-likeness (QED) is 0.157. The van der Waals surface area contributed by atoms with E-state index in [9.17, 15) is 4.79 Å². The van der Waals surface area contributed by atoms with Gasteiger partial charge in [-0.05, 0) is 43.0 Å². The normalized spacial score (nSPS) is 13.5. The number of unbranched alkanes of at least 4 members (excludes halogenated alkanes) is 2. The molecule has 0 radical (unpaired) electrons. The number of carbonyl (C=O) groups is 1. The van der Waals surface area contributed by atoms with Crippen LogP contribution in [0.4, 0.5) is 17.3 Å². The van der Waals surface area contributed by atoms with Gasteiger partial charge >= 0.3 is 5.91 Å². The van der Waals surface area contributed by atoms with E-state index in [0.717, 1.165) is 78.4 Å². The predicted octanol–water partition coefficient (Wildman–Crippen LogP) is 5.76. The van der Waals surface area contributed by atoms with Gasteiger partial charge in [0.25, 0.3) is 0 Å². The molecule has 0 atom stereocenters. The molecule has 0 aliphatic carbocycles. The molecule has 1 aliphatic heterocycles. The van der Waals surface area contributed by atoms with Crippen molar-refractivity contribution in [3.8, 4) is 11.8 Å². The highest BCUT2D eigenvalue weighted by Crippen LogP contribution is 2.34. The zero-order chi connectivity index (χ0) is 31.1. The Kier molecular flexibility index (Phi) is 8.76. The van der Waals surface area contributed by atoms with Gasteiger partial charge in [0.05, 0.1) is 31.5 Å². The number of benzene rings is 3. The fraction of sp³-hybridized carbons (Fsp3) is 0.250. The number of morpholine rings is 1. The van der Waals surface area contributed by atoms with Crippen molar-refractivity contribution in [1.82, 2.24) is 29.6 Å². The molecule has 3 aromatic carbocycles. The van der Waals surface area contributed by atoms with Gasteiger partial charge in [-0.3, -0.25) is 19.7 Å². The number of anilines is 3. The second-order valence-corrected chi connectivity index (χ2v) is 11.3. The average Bonchev–Trinajstić information content (AvgIpc) is 3.50. The third kappa shape index (κ3) is 6.81. The van der Waals surface area contributed by atoms with Gasteiger partial charge in [0, 0.05) is 52.9 Å². The van der Waals surface area contributed by atoms with Crippen molar-refractivity contribution in [2.24, 2.45) is 0 Å². The van der Waals surface area contributed by atoms with Crippen molar-refractivity contribution in [3.05, 3.63) is 91.0 Å². The van der Waals surface area contributed by atoms with E-state index >= 15 is 0 Å². The van der Waals surface area contributed by atoms with Crippen molar-refractivity contribution in [2.45, 2.75) is 25.8 Å². The van der Waals surface area contributed by atoms with Crippen LogP contribution in [0.15, 0.2) is 85.5 Å². The lowest BCUT2D eigenvalue weighted by Gasteiger charge is -2.26. The van der Waals surface area contributed by atoms with Crippen molar-refractivity contribution in [3.63, 3.8) is 0 Å². The van der Waals surface area contributed by atoms with E-state index in [1.165, 1.54) is 11.9 Å². The van der Waals surface area contributed by atoms with Crippen molar-refractivity contribution in [1.29, 1.82) is 0 Å². The Morgan fingerprint density at radius 3 is 2.61 bits per heavy atom. The SMILES string of the molecule is O=C(C#CCCCCN1CCOCC1)Nc1cc2c(Nc3cc4cn(Cc5ccccc5)nc4c4ccccc34)ncnc2cn1. The molecule has 0 bridgehead atoms. The smallest absolute Gasteiger partial charge is 0.301 e. The van der Waals surface area contributed by atoms with E-state index in [0.29, 0.717) is 30.1 Å². The molecule has 4 heterocycles. The molecule has 46 heavy (non-hydrogen) atoms. The first-order valence-electron chi connectivity index (χ1n) is 15.6. The Morgan fingerprint density at radius 1 is 0.913 bits per heavy atom. The van der Waals surface area contributed by atoms with Crippen LogP contribution in [-0.4, -0.2) is 68.4 Å². The minimum Gasteiger partial charge on any atom is -0.379 e. The molecule has 10 heteroatoms. The summed E-state index contributed by atoms with van der Waals surface area (Å²) in [5, 5.41) is 15.1. The number of hydrogen-bond donors (Lipinski definition) is 2. The van der Waals surface area contributed by atoms with E-state index in [1.807, 2.05) is 35.0 Å². The molecule has 6 aromatic rings. The lowest BCUT2D eigenvalue weighted by atomic mass is 10.1. The number of carbonyl (C=O) groups excluding carboxylic acids is 1. The van der Waals surface area contributed by atoms with Crippen LogP contribution in [0.25, 0.3) is 32.6 Å². The Bertz CT molecular complexity index is 2060. The Hall–Kier alpha value is -5.37. The summed E-state index contributed by atoms with van der Waals surface area (Å²) in [6, 6.07) is 22.4. The molecule has 10 nitrogen and oxygen atoms in total. The van der Waals surface area contributed by atoms with Crippen LogP contribution in [0.2, 0.25) is 0 Å². The van der Waals surface area contributed by atoms with E-state index in [4.69, 9.17) is 9.84 Å². The van der Waals surface area contributed by atoms with Gasteiger partial charge in [-0.1, -0.05) is 60.5 Å². The number of rotatable bonds is 9. The molecule has 0 spiro atoms. The maximum absolute atomic E-state index is 12.6. The maximum Gasteiger partial charge on any atom is 0.301 e. The first-order valence-corrected chi connectivity index (χ1v) is 15.6. The summed E-state index contributed by atoms with van der Waals surface area (Å²) in [4.78, 5) is 28.3. The molecular weight excluding hydrogens is 576 g/mol. The number of aromatic nitrogens is 5. The highest BCUT2D eigenvalue weighted by atomic mass is 16.5. The molecule has 0 unspecified atom stereocenters. The lowest BCUT2D eigenvalue weighted by molar-refractivity contribution is -0.111. The van der Waals surface area contributed by atoms with Gasteiger partial charge in [0.15, 0.2) is 0 Å². The molecule has 1 aliphatic rings. The summed E-state index contributed by atoms with van der Waals surface area (Å²) < 4.78 is 7.37. The summed E-state index contributed by atoms with van der Waals surface area (Å²) >= 11 is 0. The number of fused-ring (bicyclic) bond motifs is 4. The highest BCUT2D eigenvalue weighted by molar-refractivity contribution is 6.12. The first-order chi connectivity index (χ1) is 22.7. The van der Waals surface area contributed by atoms with Gasteiger partial charge in [-0.2, -0.15) is 5.10 Å². The third-order valence-corrected chi connectivity index (χ3v) is 8.10. The molecular formula is C36H34N8O2. The second kappa shape index (κ2) is 13.7. The second-order valence-electron chi connectivity index (χ2n) is 11.3. The molecule has 1 fully saturated rings. The molecule has 230 valence electrons. The molecule has 1 saturated heterocycles. The fourth-order valence-electron chi connectivity index (χ4n) is 5.78. The topological polar surface area (TPSA) is 110 Å². The van der Waals surface area contributed by atoms with Crippen LogP contribution >= 0.6 is 0 Å². The zero-order valence-corrected chi connectivity index (χ0v) is 25.4. The first kappa shape index (κ1) is 29.3. The molecule has 3 aromatic heterocycles. The van der Waals surface area contributed by atoms with Crippen LogP contribution in [0.5, 0.6) is 0 Å². The predicted molar refractivity (Wildman–Crippen MR) is 181 cm³/mol. The minimum atomic E-state index is -0.393. The Balaban J connectivity index is 1.08. The van der Waals surface area contributed by atoms with E-state index in [1.54, 1.807) is 12.3 Å². The molecule has 2 N–H and O–H groups in total. The van der Waals surface area contributed by atoms with E-state index < -0.39 is 5.91 Å². The van der Waals surface area contributed by atoms with Crippen LogP contribution in [0.1, 0.15) is 24.8 Å². The monoisotopic (exact) mass is 610 g/mol. The van der Waals surface area contributed by atoms with Crippen LogP contribution in [-0.2, 0) is 16.1 Å². The summed E-state index contributed by atoms with van der Waals surface area (Å²) in [7, 11) is 0. The van der Waals surface area contributed by atoms with Gasteiger partial charge in [-0.25, -0.2) is 15.0 Å². The summed E-state index contributed by atoms with van der Waals surface area (Å²) in [6.45, 7) is 5.31. The average molecular weight is 611 g/mol. The van der Waals surface area contributed by atoms with Crippen molar-refractivity contribution < 1.29 is 9.53 Å².